The van der Waals surface area contributed by atoms with Crippen LogP contribution in [0.5, 0.6) is 0 Å². The predicted molar refractivity (Wildman–Crippen MR) is 97.7 cm³/mol. The molecular formula is C18H15Cl2N3O2. The second-order valence-corrected chi connectivity index (χ2v) is 6.39. The number of carbonyl (C=O) groups is 2. The number of carbonyl (C=O) groups excluding carboxylic acids is 2. The lowest BCUT2D eigenvalue weighted by atomic mass is 10.1. The van der Waals surface area contributed by atoms with Crippen LogP contribution in [0.2, 0.25) is 10.0 Å². The lowest BCUT2D eigenvalue weighted by molar-refractivity contribution is -0.138. The summed E-state index contributed by atoms with van der Waals surface area (Å²) >= 11 is 11.9. The Morgan fingerprint density at radius 2 is 1.92 bits per heavy atom. The molecule has 5 nitrogen and oxygen atoms in total. The van der Waals surface area contributed by atoms with Gasteiger partial charge < -0.3 is 10.3 Å². The Bertz CT molecular complexity index is 904. The summed E-state index contributed by atoms with van der Waals surface area (Å²) in [5.41, 5.74) is 2.48. The Hall–Kier alpha value is -2.37. The average Bonchev–Trinajstić information content (AvgIpc) is 3.01. The molecule has 1 amide bonds. The molecule has 3 rings (SSSR count). The first-order valence-electron chi connectivity index (χ1n) is 7.71. The minimum atomic E-state index is -0.634. The van der Waals surface area contributed by atoms with E-state index in [0.29, 0.717) is 22.3 Å². The Morgan fingerprint density at radius 1 is 1.12 bits per heavy atom. The van der Waals surface area contributed by atoms with Crippen LogP contribution in [0.1, 0.15) is 17.8 Å². The molecule has 0 bridgehead atoms. The zero-order valence-corrected chi connectivity index (χ0v) is 14.7. The molecule has 7 heteroatoms. The molecule has 0 aliphatic rings. The molecule has 0 atom stereocenters. The molecule has 0 aliphatic heterocycles. The summed E-state index contributed by atoms with van der Waals surface area (Å²) in [7, 11) is 0. The monoisotopic (exact) mass is 375 g/mol. The van der Waals surface area contributed by atoms with Gasteiger partial charge in [-0.15, -0.1) is 0 Å². The number of para-hydroxylation sites is 2. The van der Waals surface area contributed by atoms with Crippen molar-refractivity contribution >= 4 is 45.9 Å². The lowest BCUT2D eigenvalue weighted by Gasteiger charge is -2.05. The van der Waals surface area contributed by atoms with Crippen LogP contribution in [0, 0.1) is 0 Å². The van der Waals surface area contributed by atoms with Gasteiger partial charge in [-0.05, 0) is 36.2 Å². The number of fused-ring (bicyclic) bond motifs is 1. The van der Waals surface area contributed by atoms with E-state index in [-0.39, 0.29) is 13.0 Å². The topological polar surface area (TPSA) is 74.8 Å². The number of nitrogens with one attached hydrogen (secondary N) is 2. The van der Waals surface area contributed by atoms with Gasteiger partial charge in [0.25, 0.3) is 5.91 Å². The van der Waals surface area contributed by atoms with Crippen LogP contribution in [0.3, 0.4) is 0 Å². The van der Waals surface area contributed by atoms with E-state index in [1.54, 1.807) is 18.2 Å². The highest BCUT2D eigenvalue weighted by Crippen LogP contribution is 2.22. The number of Topliss-reactive ketones (excluding diaryl/α,β-unsaturated/α-hetero) is 1. The SMILES string of the molecule is O=C(CCc1ccc(Cl)cc1Cl)C(=O)NCc1nc2ccccc2[nH]1. The van der Waals surface area contributed by atoms with E-state index in [0.717, 1.165) is 16.6 Å². The largest absolute Gasteiger partial charge is 0.342 e. The number of hydrogen-bond donors (Lipinski definition) is 2. The molecule has 1 aromatic heterocycles. The van der Waals surface area contributed by atoms with Gasteiger partial charge in [0.1, 0.15) is 5.82 Å². The molecule has 2 aromatic carbocycles. The standard InChI is InChI=1S/C18H15Cl2N3O2/c19-12-7-5-11(13(20)9-12)6-8-16(24)18(25)21-10-17-22-14-3-1-2-4-15(14)23-17/h1-5,7,9H,6,8,10H2,(H,21,25)(H,22,23). The summed E-state index contributed by atoms with van der Waals surface area (Å²) in [6.45, 7) is 0.168. The molecule has 0 radical (unpaired) electrons. The summed E-state index contributed by atoms with van der Waals surface area (Å²) in [5, 5.41) is 3.60. The minimum absolute atomic E-state index is 0.0767. The third kappa shape index (κ3) is 4.38. The van der Waals surface area contributed by atoms with Gasteiger partial charge in [0.05, 0.1) is 17.6 Å². The van der Waals surface area contributed by atoms with E-state index >= 15 is 0 Å². The molecule has 3 aromatic rings. The molecule has 128 valence electrons. The molecule has 0 aliphatic carbocycles. The second-order valence-electron chi connectivity index (χ2n) is 5.54. The first-order valence-corrected chi connectivity index (χ1v) is 8.47. The third-order valence-corrected chi connectivity index (χ3v) is 4.33. The molecule has 25 heavy (non-hydrogen) atoms. The number of aryl methyl sites for hydroxylation is 1. The number of nitrogens with zero attached hydrogens (tertiary/aromatic N) is 1. The maximum absolute atomic E-state index is 12.0. The number of amides is 1. The molecule has 0 unspecified atom stereocenters. The van der Waals surface area contributed by atoms with Gasteiger partial charge in [-0.3, -0.25) is 9.59 Å². The number of H-pyrrole nitrogens is 1. The highest BCUT2D eigenvalue weighted by Gasteiger charge is 2.15. The summed E-state index contributed by atoms with van der Waals surface area (Å²) < 4.78 is 0. The fourth-order valence-electron chi connectivity index (χ4n) is 2.44. The van der Waals surface area contributed by atoms with Crippen molar-refractivity contribution < 1.29 is 9.59 Å². The lowest BCUT2D eigenvalue weighted by Crippen LogP contribution is -2.31. The van der Waals surface area contributed by atoms with Gasteiger partial charge in [0.2, 0.25) is 5.78 Å². The summed E-state index contributed by atoms with van der Waals surface area (Å²) in [5.74, 6) is -0.532. The number of rotatable bonds is 6. The maximum atomic E-state index is 12.0. The predicted octanol–water partition coefficient (Wildman–Crippen LogP) is 3.69. The number of aromatic amines is 1. The van der Waals surface area contributed by atoms with Crippen molar-refractivity contribution in [3.8, 4) is 0 Å². The number of aromatic nitrogens is 2. The van der Waals surface area contributed by atoms with E-state index in [2.05, 4.69) is 15.3 Å². The van der Waals surface area contributed by atoms with Crippen LogP contribution < -0.4 is 5.32 Å². The quantitative estimate of drug-likeness (QED) is 0.645. The fraction of sp³-hybridized carbons (Fsp3) is 0.167. The van der Waals surface area contributed by atoms with Crippen molar-refractivity contribution in [3.05, 3.63) is 63.9 Å². The van der Waals surface area contributed by atoms with Crippen LogP contribution in [-0.4, -0.2) is 21.7 Å². The van der Waals surface area contributed by atoms with E-state index < -0.39 is 11.7 Å². The van der Waals surface area contributed by atoms with Gasteiger partial charge in [-0.25, -0.2) is 4.98 Å². The number of hydrogen-bond acceptors (Lipinski definition) is 3. The van der Waals surface area contributed by atoms with Gasteiger partial charge >= 0.3 is 0 Å². The van der Waals surface area contributed by atoms with Crippen LogP contribution in [0.4, 0.5) is 0 Å². The van der Waals surface area contributed by atoms with Crippen LogP contribution in [0.25, 0.3) is 11.0 Å². The molecule has 0 fully saturated rings. The number of halogens is 2. The Kier molecular flexibility index (Phi) is 5.36. The first kappa shape index (κ1) is 17.5. The maximum Gasteiger partial charge on any atom is 0.287 e. The first-order chi connectivity index (χ1) is 12.0. The normalized spacial score (nSPS) is 10.8. The number of benzene rings is 2. The van der Waals surface area contributed by atoms with Gasteiger partial charge in [0, 0.05) is 16.5 Å². The molecular weight excluding hydrogens is 361 g/mol. The summed E-state index contributed by atoms with van der Waals surface area (Å²) in [4.78, 5) is 31.4. The summed E-state index contributed by atoms with van der Waals surface area (Å²) in [6.07, 6.45) is 0.459. The third-order valence-electron chi connectivity index (χ3n) is 3.74. The van der Waals surface area contributed by atoms with E-state index in [4.69, 9.17) is 23.2 Å². The summed E-state index contributed by atoms with van der Waals surface area (Å²) in [6, 6.07) is 12.6. The van der Waals surface area contributed by atoms with E-state index in [1.807, 2.05) is 24.3 Å². The van der Waals surface area contributed by atoms with E-state index in [1.165, 1.54) is 0 Å². The average molecular weight is 376 g/mol. The van der Waals surface area contributed by atoms with Crippen molar-refractivity contribution in [2.24, 2.45) is 0 Å². The van der Waals surface area contributed by atoms with Gasteiger partial charge in [0.15, 0.2) is 0 Å². The van der Waals surface area contributed by atoms with Crippen molar-refractivity contribution in [2.45, 2.75) is 19.4 Å². The van der Waals surface area contributed by atoms with E-state index in [9.17, 15) is 9.59 Å². The second kappa shape index (κ2) is 7.68. The van der Waals surface area contributed by atoms with Crippen molar-refractivity contribution in [3.63, 3.8) is 0 Å². The molecule has 0 spiro atoms. The molecule has 1 heterocycles. The van der Waals surface area contributed by atoms with Crippen molar-refractivity contribution in [1.82, 2.24) is 15.3 Å². The van der Waals surface area contributed by atoms with Crippen LogP contribution in [-0.2, 0) is 22.6 Å². The van der Waals surface area contributed by atoms with Crippen molar-refractivity contribution in [1.29, 1.82) is 0 Å². The fourth-order valence-corrected chi connectivity index (χ4v) is 2.94. The Morgan fingerprint density at radius 3 is 2.68 bits per heavy atom. The smallest absolute Gasteiger partial charge is 0.287 e. The highest BCUT2D eigenvalue weighted by atomic mass is 35.5. The Labute approximate surface area is 154 Å². The van der Waals surface area contributed by atoms with Crippen LogP contribution >= 0.6 is 23.2 Å². The molecule has 2 N–H and O–H groups in total. The zero-order chi connectivity index (χ0) is 17.8. The zero-order valence-electron chi connectivity index (χ0n) is 13.2. The number of imidazole rings is 1. The molecule has 0 saturated heterocycles. The van der Waals surface area contributed by atoms with Crippen LogP contribution in [0.15, 0.2) is 42.5 Å². The van der Waals surface area contributed by atoms with Gasteiger partial charge in [-0.2, -0.15) is 0 Å². The van der Waals surface area contributed by atoms with Gasteiger partial charge in [-0.1, -0.05) is 41.4 Å². The van der Waals surface area contributed by atoms with Crippen molar-refractivity contribution in [2.75, 3.05) is 0 Å². The molecule has 0 saturated carbocycles. The highest BCUT2D eigenvalue weighted by molar-refractivity contribution is 6.36. The minimum Gasteiger partial charge on any atom is -0.342 e. The number of ketones is 1. The Balaban J connectivity index is 1.53.